The predicted octanol–water partition coefficient (Wildman–Crippen LogP) is 3.98. The zero-order valence-corrected chi connectivity index (χ0v) is 12.9. The lowest BCUT2D eigenvalue weighted by atomic mass is 9.92. The summed E-state index contributed by atoms with van der Waals surface area (Å²) in [6, 6.07) is 16.2. The number of amides is 1. The SMILES string of the molecule is O=C(c1ccccc1-c1ccccc1)N(F)C1CCC(O)CC1. The first kappa shape index (κ1) is 15.7. The molecular formula is C19H20FNO2. The number of halogens is 1. The lowest BCUT2D eigenvalue weighted by Gasteiger charge is -2.29. The van der Waals surface area contributed by atoms with E-state index in [-0.39, 0.29) is 6.10 Å². The largest absolute Gasteiger partial charge is 0.393 e. The fourth-order valence-electron chi connectivity index (χ4n) is 3.10. The van der Waals surface area contributed by atoms with Crippen LogP contribution in [-0.4, -0.2) is 28.3 Å². The van der Waals surface area contributed by atoms with Crippen molar-refractivity contribution in [1.82, 2.24) is 5.12 Å². The second-order valence-corrected chi connectivity index (χ2v) is 5.99. The summed E-state index contributed by atoms with van der Waals surface area (Å²) in [4.78, 5) is 12.6. The third-order valence-electron chi connectivity index (χ3n) is 4.42. The van der Waals surface area contributed by atoms with Gasteiger partial charge in [0.2, 0.25) is 0 Å². The fraction of sp³-hybridized carbons (Fsp3) is 0.316. The summed E-state index contributed by atoms with van der Waals surface area (Å²) < 4.78 is 14.6. The van der Waals surface area contributed by atoms with Crippen LogP contribution in [0.3, 0.4) is 0 Å². The Hall–Kier alpha value is -2.20. The van der Waals surface area contributed by atoms with Crippen molar-refractivity contribution in [1.29, 1.82) is 0 Å². The Morgan fingerprint density at radius 2 is 1.57 bits per heavy atom. The first-order valence-electron chi connectivity index (χ1n) is 7.98. The minimum atomic E-state index is -0.606. The Bertz CT molecular complexity index is 666. The van der Waals surface area contributed by atoms with Gasteiger partial charge in [-0.15, -0.1) is 0 Å². The summed E-state index contributed by atoms with van der Waals surface area (Å²) in [7, 11) is 0. The second-order valence-electron chi connectivity index (χ2n) is 5.99. The van der Waals surface area contributed by atoms with Crippen molar-refractivity contribution in [3.05, 3.63) is 60.2 Å². The molecule has 0 unspecified atom stereocenters. The summed E-state index contributed by atoms with van der Waals surface area (Å²) >= 11 is 0. The van der Waals surface area contributed by atoms with Gasteiger partial charge in [-0.2, -0.15) is 5.12 Å². The van der Waals surface area contributed by atoms with Gasteiger partial charge in [0.05, 0.1) is 12.1 Å². The average Bonchev–Trinajstić information content (AvgIpc) is 2.62. The number of rotatable bonds is 3. The van der Waals surface area contributed by atoms with E-state index in [1.54, 1.807) is 12.1 Å². The lowest BCUT2D eigenvalue weighted by molar-refractivity contribution is -0.0280. The van der Waals surface area contributed by atoms with Crippen molar-refractivity contribution in [3.63, 3.8) is 0 Å². The van der Waals surface area contributed by atoms with E-state index in [0.717, 1.165) is 11.1 Å². The fourth-order valence-corrected chi connectivity index (χ4v) is 3.10. The van der Waals surface area contributed by atoms with Crippen LogP contribution < -0.4 is 0 Å². The highest BCUT2D eigenvalue weighted by Gasteiger charge is 2.30. The Balaban J connectivity index is 1.85. The summed E-state index contributed by atoms with van der Waals surface area (Å²) in [5.74, 6) is -0.606. The maximum Gasteiger partial charge on any atom is 0.282 e. The number of carbonyl (C=O) groups excluding carboxylic acids is 1. The van der Waals surface area contributed by atoms with Gasteiger partial charge in [0, 0.05) is 5.56 Å². The molecule has 0 saturated heterocycles. The summed E-state index contributed by atoms with van der Waals surface area (Å²) in [6.07, 6.45) is 1.71. The molecule has 1 amide bonds. The van der Waals surface area contributed by atoms with E-state index in [9.17, 15) is 14.4 Å². The van der Waals surface area contributed by atoms with Crippen LogP contribution in [0.15, 0.2) is 54.6 Å². The van der Waals surface area contributed by atoms with Gasteiger partial charge in [-0.1, -0.05) is 53.0 Å². The van der Waals surface area contributed by atoms with E-state index in [1.807, 2.05) is 42.5 Å². The third kappa shape index (κ3) is 3.42. The van der Waals surface area contributed by atoms with Crippen molar-refractivity contribution in [3.8, 4) is 11.1 Å². The first-order valence-corrected chi connectivity index (χ1v) is 7.98. The molecule has 2 aromatic rings. The molecule has 0 atom stereocenters. The Morgan fingerprint density at radius 3 is 2.26 bits per heavy atom. The van der Waals surface area contributed by atoms with Gasteiger partial charge in [0.25, 0.3) is 5.91 Å². The molecule has 1 N–H and O–H groups in total. The molecule has 0 aliphatic heterocycles. The van der Waals surface area contributed by atoms with Crippen molar-refractivity contribution in [2.75, 3.05) is 0 Å². The maximum atomic E-state index is 14.6. The van der Waals surface area contributed by atoms with Gasteiger partial charge in [-0.25, -0.2) is 0 Å². The topological polar surface area (TPSA) is 40.5 Å². The van der Waals surface area contributed by atoms with E-state index in [4.69, 9.17) is 0 Å². The van der Waals surface area contributed by atoms with Crippen LogP contribution in [0.5, 0.6) is 0 Å². The van der Waals surface area contributed by atoms with Gasteiger partial charge in [0.1, 0.15) is 0 Å². The Morgan fingerprint density at radius 1 is 0.957 bits per heavy atom. The first-order chi connectivity index (χ1) is 11.2. The van der Waals surface area contributed by atoms with E-state index in [2.05, 4.69) is 0 Å². The van der Waals surface area contributed by atoms with Gasteiger partial charge in [-0.05, 0) is 42.9 Å². The minimum absolute atomic E-state index is 0.355. The molecule has 3 rings (SSSR count). The zero-order chi connectivity index (χ0) is 16.2. The smallest absolute Gasteiger partial charge is 0.282 e. The van der Waals surface area contributed by atoms with Crippen molar-refractivity contribution in [2.45, 2.75) is 37.8 Å². The normalized spacial score (nSPS) is 21.0. The van der Waals surface area contributed by atoms with E-state index in [0.29, 0.717) is 36.4 Å². The molecule has 1 fully saturated rings. The predicted molar refractivity (Wildman–Crippen MR) is 87.4 cm³/mol. The number of nitrogens with zero attached hydrogens (tertiary/aromatic N) is 1. The van der Waals surface area contributed by atoms with Crippen LogP contribution in [-0.2, 0) is 0 Å². The van der Waals surface area contributed by atoms with Crippen LogP contribution >= 0.6 is 0 Å². The number of aliphatic hydroxyl groups is 1. The van der Waals surface area contributed by atoms with Crippen LogP contribution in [0.2, 0.25) is 0 Å². The number of benzene rings is 2. The summed E-state index contributed by atoms with van der Waals surface area (Å²) in [5.41, 5.74) is 1.99. The highest BCUT2D eigenvalue weighted by Crippen LogP contribution is 2.28. The molecule has 0 heterocycles. The van der Waals surface area contributed by atoms with Gasteiger partial charge in [-0.3, -0.25) is 4.79 Å². The van der Waals surface area contributed by atoms with Crippen LogP contribution in [0.25, 0.3) is 11.1 Å². The summed E-state index contributed by atoms with van der Waals surface area (Å²) in [5, 5.41) is 9.89. The molecule has 23 heavy (non-hydrogen) atoms. The van der Waals surface area contributed by atoms with Crippen LogP contribution in [0, 0.1) is 0 Å². The molecule has 0 radical (unpaired) electrons. The van der Waals surface area contributed by atoms with Crippen LogP contribution in [0.1, 0.15) is 36.0 Å². The maximum absolute atomic E-state index is 14.6. The Kier molecular flexibility index (Phi) is 4.72. The summed E-state index contributed by atoms with van der Waals surface area (Å²) in [6.45, 7) is 0. The molecule has 0 spiro atoms. The highest BCUT2D eigenvalue weighted by molar-refractivity contribution is 6.00. The van der Waals surface area contributed by atoms with Gasteiger partial charge < -0.3 is 5.11 Å². The average molecular weight is 313 g/mol. The van der Waals surface area contributed by atoms with Crippen LogP contribution in [0.4, 0.5) is 4.48 Å². The second kappa shape index (κ2) is 6.92. The quantitative estimate of drug-likeness (QED) is 0.871. The van der Waals surface area contributed by atoms with E-state index >= 15 is 0 Å². The zero-order valence-electron chi connectivity index (χ0n) is 12.9. The molecule has 1 aliphatic rings. The number of hydrogen-bond donors (Lipinski definition) is 1. The van der Waals surface area contributed by atoms with Crippen molar-refractivity contribution < 1.29 is 14.4 Å². The molecule has 2 aromatic carbocycles. The van der Waals surface area contributed by atoms with Crippen molar-refractivity contribution >= 4 is 5.91 Å². The molecule has 120 valence electrons. The van der Waals surface area contributed by atoms with Gasteiger partial charge >= 0.3 is 0 Å². The van der Waals surface area contributed by atoms with Gasteiger partial charge in [0.15, 0.2) is 0 Å². The standard InChI is InChI=1S/C19H20FNO2/c20-21(15-10-12-16(22)13-11-15)19(23)18-9-5-4-8-17(18)14-6-2-1-3-7-14/h1-9,15-16,22H,10-13H2. The third-order valence-corrected chi connectivity index (χ3v) is 4.42. The molecule has 1 aliphatic carbocycles. The molecular weight excluding hydrogens is 293 g/mol. The number of carbonyl (C=O) groups is 1. The monoisotopic (exact) mass is 313 g/mol. The molecule has 0 bridgehead atoms. The van der Waals surface area contributed by atoms with E-state index < -0.39 is 11.9 Å². The number of aliphatic hydroxyl groups excluding tert-OH is 1. The Labute approximate surface area is 135 Å². The molecule has 3 nitrogen and oxygen atoms in total. The lowest BCUT2D eigenvalue weighted by Crippen LogP contribution is -2.37. The highest BCUT2D eigenvalue weighted by atomic mass is 19.2. The molecule has 1 saturated carbocycles. The number of hydrogen-bond acceptors (Lipinski definition) is 2. The molecule has 0 aromatic heterocycles. The van der Waals surface area contributed by atoms with E-state index in [1.165, 1.54) is 0 Å². The van der Waals surface area contributed by atoms with Crippen molar-refractivity contribution in [2.24, 2.45) is 0 Å². The molecule has 4 heteroatoms. The minimum Gasteiger partial charge on any atom is -0.393 e.